The summed E-state index contributed by atoms with van der Waals surface area (Å²) in [5.74, 6) is 0. The van der Waals surface area contributed by atoms with Crippen LogP contribution in [0.5, 0.6) is 0 Å². The molecule has 2 aromatic carbocycles. The number of benzene rings is 2. The van der Waals surface area contributed by atoms with Crippen LogP contribution in [0.15, 0.2) is 35.2 Å². The van der Waals surface area contributed by atoms with Gasteiger partial charge in [0.15, 0.2) is 0 Å². The number of fused-ring (bicyclic) bond motifs is 6. The quantitative estimate of drug-likeness (QED) is 0.356. The summed E-state index contributed by atoms with van der Waals surface area (Å²) in [6, 6.07) is 9.90. The first-order valence-corrected chi connectivity index (χ1v) is 7.94. The number of hydrogen-bond donors (Lipinski definition) is 0. The van der Waals surface area contributed by atoms with Gasteiger partial charge in [0.1, 0.15) is 0 Å². The van der Waals surface area contributed by atoms with E-state index in [0.717, 1.165) is 5.52 Å². The SMILES string of the molecule is [Lr][c]1csc2c3ccccc3c3scnc3c12. The summed E-state index contributed by atoms with van der Waals surface area (Å²) in [4.78, 5) is 4.55. The van der Waals surface area contributed by atoms with E-state index in [1.54, 1.807) is 11.3 Å². The van der Waals surface area contributed by atoms with Crippen molar-refractivity contribution in [3.05, 3.63) is 35.2 Å². The summed E-state index contributed by atoms with van der Waals surface area (Å²) in [5, 5.41) is 6.20. The molecule has 0 radical (unpaired) electrons. The molecular formula is C13H6LrNS2. The third-order valence-corrected chi connectivity index (χ3v) is 6.04. The molecule has 4 aromatic rings. The van der Waals surface area contributed by atoms with Gasteiger partial charge in [0.2, 0.25) is 0 Å². The van der Waals surface area contributed by atoms with E-state index in [9.17, 15) is 0 Å². The Morgan fingerprint density at radius 3 is 2.59 bits per heavy atom. The van der Waals surface area contributed by atoms with Crippen LogP contribution in [-0.2, 0) is 0 Å². The zero-order valence-corrected chi connectivity index (χ0v) is 12.3. The Kier molecular flexibility index (Phi) is 1.43. The van der Waals surface area contributed by atoms with Crippen LogP contribution < -0.4 is 6.07 Å². The fourth-order valence-electron chi connectivity index (χ4n) is 2.22. The van der Waals surface area contributed by atoms with E-state index in [0.29, 0.717) is 0 Å². The van der Waals surface area contributed by atoms with Gasteiger partial charge >= 0.3 is 100.0 Å². The Morgan fingerprint density at radius 1 is 1.00 bits per heavy atom. The predicted molar refractivity (Wildman–Crippen MR) is 72.1 cm³/mol. The van der Waals surface area contributed by atoms with E-state index in [2.05, 4.69) is 34.6 Å². The Hall–Kier alpha value is -2.45. The second-order valence-electron chi connectivity index (χ2n) is 3.80. The van der Waals surface area contributed by atoms with E-state index in [1.165, 1.54) is 31.6 Å². The summed E-state index contributed by atoms with van der Waals surface area (Å²) in [6.45, 7) is 0. The van der Waals surface area contributed by atoms with Crippen molar-refractivity contribution >= 4 is 59.8 Å². The van der Waals surface area contributed by atoms with Crippen LogP contribution in [0, 0.1) is 0 Å². The monoisotopic (exact) mass is 502 g/mol. The van der Waals surface area contributed by atoms with Gasteiger partial charge < -0.3 is 0 Å². The molecule has 0 aliphatic heterocycles. The first-order valence-electron chi connectivity index (χ1n) is 5.11. The molecule has 0 aliphatic rings. The molecule has 0 spiro atoms. The van der Waals surface area contributed by atoms with Crippen LogP contribution in [0.4, 0.5) is 0 Å². The molecule has 0 saturated heterocycles. The third-order valence-electron chi connectivity index (χ3n) is 2.92. The van der Waals surface area contributed by atoms with Crippen molar-refractivity contribution in [1.29, 1.82) is 0 Å². The molecule has 0 unspecified atom stereocenters. The topological polar surface area (TPSA) is 12.9 Å². The van der Waals surface area contributed by atoms with Crippen molar-refractivity contribution in [2.24, 2.45) is 0 Å². The third kappa shape index (κ3) is 0.953. The molecular weight excluding hydrogens is 496 g/mol. The second-order valence-corrected chi connectivity index (χ2v) is 6.69. The summed E-state index contributed by atoms with van der Waals surface area (Å²) >= 11 is 3.54. The van der Waals surface area contributed by atoms with Crippen molar-refractivity contribution < 1.29 is 0 Å². The molecule has 4 heteroatoms. The fraction of sp³-hybridized carbons (Fsp3) is 0. The van der Waals surface area contributed by atoms with Gasteiger partial charge in [0, 0.05) is 0 Å². The Morgan fingerprint density at radius 2 is 1.76 bits per heavy atom. The molecule has 0 N–H and O–H groups in total. The van der Waals surface area contributed by atoms with Crippen LogP contribution in [-0.4, -0.2) is 4.98 Å². The Labute approximate surface area is 100.0 Å². The normalized spacial score (nSPS) is 11.9. The van der Waals surface area contributed by atoms with Gasteiger partial charge in [-0.1, -0.05) is 0 Å². The first kappa shape index (κ1) is 8.67. The molecule has 0 bridgehead atoms. The number of nitrogens with zero attached hydrogens (tertiary/aromatic N) is 1. The molecule has 0 saturated carbocycles. The van der Waals surface area contributed by atoms with E-state index in [1.807, 2.05) is 16.8 Å². The van der Waals surface area contributed by atoms with Gasteiger partial charge in [-0.15, -0.1) is 0 Å². The summed E-state index contributed by atoms with van der Waals surface area (Å²) in [5.41, 5.74) is 3.10. The molecule has 0 fully saturated rings. The Balaban J connectivity index is 2.50. The van der Waals surface area contributed by atoms with Crippen molar-refractivity contribution in [1.82, 2.24) is 4.98 Å². The maximum atomic E-state index is 4.55. The average Bonchev–Trinajstić information content (AvgIpc) is 2.96. The molecule has 90 valence electrons. The van der Waals surface area contributed by atoms with Gasteiger partial charge in [-0.25, -0.2) is 0 Å². The van der Waals surface area contributed by atoms with Crippen molar-refractivity contribution in [2.75, 3.05) is 0 Å². The average molecular weight is 502 g/mol. The first-order chi connectivity index (χ1) is 8.36. The summed E-state index contributed by atoms with van der Waals surface area (Å²) < 4.78 is 5.27. The molecule has 4 rings (SSSR count). The number of thiophene rings is 1. The van der Waals surface area contributed by atoms with E-state index in [4.69, 9.17) is 0 Å². The zero-order valence-electron chi connectivity index (χ0n) is 8.49. The number of hydrogen-bond acceptors (Lipinski definition) is 3. The van der Waals surface area contributed by atoms with Gasteiger partial charge in [-0.05, 0) is 0 Å². The number of rotatable bonds is 0. The minimum atomic E-state index is 1.15. The van der Waals surface area contributed by atoms with E-state index < -0.39 is 0 Å². The van der Waals surface area contributed by atoms with Crippen LogP contribution in [0.3, 0.4) is 0 Å². The molecule has 17 heavy (non-hydrogen) atoms. The molecule has 2 aromatic heterocycles. The predicted octanol–water partition coefficient (Wildman–Crippen LogP) is 3.84. The molecule has 0 atom stereocenters. The van der Waals surface area contributed by atoms with Crippen molar-refractivity contribution in [3.8, 4) is 0 Å². The molecule has 1 nitrogen and oxygen atoms in total. The van der Waals surface area contributed by atoms with E-state index in [-0.39, 0.29) is 0 Å². The van der Waals surface area contributed by atoms with Crippen molar-refractivity contribution in [3.63, 3.8) is 0 Å². The zero-order chi connectivity index (χ0) is 11.4. The summed E-state index contributed by atoms with van der Waals surface area (Å²) in [7, 11) is 0. The fourth-order valence-corrected chi connectivity index (χ4v) is 5.08. The van der Waals surface area contributed by atoms with Crippen LogP contribution in [0.25, 0.3) is 31.1 Å². The van der Waals surface area contributed by atoms with E-state index >= 15 is 0 Å². The van der Waals surface area contributed by atoms with Crippen LogP contribution in [0.1, 0.15) is 0 Å². The standard InChI is InChI=1S/C13H6NS2.Lr/c1-2-4-9-8(3-1)12-10(5-6-15-12)11-13(9)16-7-14-11;/h1-4,6-7H;. The van der Waals surface area contributed by atoms with Crippen LogP contribution in [0.2, 0.25) is 0 Å². The minimum absolute atomic E-state index is 1.15. The van der Waals surface area contributed by atoms with Gasteiger partial charge in [0.05, 0.1) is 0 Å². The maximum absolute atomic E-state index is 4.55. The number of thiazole rings is 1. The van der Waals surface area contributed by atoms with Crippen LogP contribution >= 0.6 is 22.7 Å². The molecule has 0 aliphatic carbocycles. The number of aromatic nitrogens is 1. The van der Waals surface area contributed by atoms with Gasteiger partial charge in [0.25, 0.3) is 0 Å². The molecule has 0 amide bonds. The second kappa shape index (κ2) is 2.81. The van der Waals surface area contributed by atoms with Crippen molar-refractivity contribution in [2.45, 2.75) is 0 Å². The summed E-state index contributed by atoms with van der Waals surface area (Å²) in [6.07, 6.45) is 0. The molecule has 2 heterocycles. The Bertz CT molecular complexity index is 860. The van der Waals surface area contributed by atoms with Gasteiger partial charge in [-0.2, -0.15) is 0 Å². The van der Waals surface area contributed by atoms with Gasteiger partial charge in [-0.3, -0.25) is 0 Å².